The number of hydrogen-bond donors (Lipinski definition) is 2. The van der Waals surface area contributed by atoms with Crippen LogP contribution in [0.5, 0.6) is 0 Å². The number of rotatable bonds is 6. The number of carbonyl (C=O) groups is 1. The highest BCUT2D eigenvalue weighted by Gasteiger charge is 2.20. The van der Waals surface area contributed by atoms with Gasteiger partial charge in [-0.15, -0.1) is 0 Å². The Morgan fingerprint density at radius 2 is 2.00 bits per heavy atom. The van der Waals surface area contributed by atoms with Gasteiger partial charge in [-0.25, -0.2) is 0 Å². The Morgan fingerprint density at radius 3 is 2.60 bits per heavy atom. The van der Waals surface area contributed by atoms with Crippen molar-refractivity contribution in [3.8, 4) is 0 Å². The van der Waals surface area contributed by atoms with Gasteiger partial charge >= 0.3 is 0 Å². The number of nitrogens with one attached hydrogen (secondary N) is 1. The van der Waals surface area contributed by atoms with Crippen molar-refractivity contribution < 1.29 is 9.72 Å². The number of anilines is 1. The lowest BCUT2D eigenvalue weighted by Crippen LogP contribution is -2.34. The molecule has 7 nitrogen and oxygen atoms in total. The molecule has 0 aliphatic carbocycles. The summed E-state index contributed by atoms with van der Waals surface area (Å²) in [6.45, 7) is 0.299. The second-order valence-corrected chi connectivity index (χ2v) is 6.15. The number of nitro benzene ring substituents is 1. The van der Waals surface area contributed by atoms with E-state index >= 15 is 0 Å². The predicted molar refractivity (Wildman–Crippen MR) is 97.7 cm³/mol. The van der Waals surface area contributed by atoms with E-state index in [0.717, 1.165) is 5.56 Å². The van der Waals surface area contributed by atoms with Crippen LogP contribution in [-0.4, -0.2) is 36.4 Å². The van der Waals surface area contributed by atoms with Crippen LogP contribution in [0.15, 0.2) is 42.5 Å². The van der Waals surface area contributed by atoms with Gasteiger partial charge in [-0.05, 0) is 37.9 Å². The molecule has 0 spiro atoms. The van der Waals surface area contributed by atoms with Crippen LogP contribution >= 0.6 is 11.6 Å². The van der Waals surface area contributed by atoms with Crippen molar-refractivity contribution in [2.24, 2.45) is 0 Å². The molecule has 132 valence electrons. The molecule has 1 unspecified atom stereocenters. The molecule has 0 saturated heterocycles. The van der Waals surface area contributed by atoms with Gasteiger partial charge in [0.1, 0.15) is 5.69 Å². The first kappa shape index (κ1) is 18.7. The number of benzene rings is 2. The topological polar surface area (TPSA) is 102 Å². The van der Waals surface area contributed by atoms with Crippen LogP contribution in [-0.2, 0) is 0 Å². The number of nitro groups is 1. The third kappa shape index (κ3) is 4.46. The van der Waals surface area contributed by atoms with E-state index in [1.807, 2.05) is 37.2 Å². The van der Waals surface area contributed by atoms with Crippen LogP contribution in [0, 0.1) is 10.1 Å². The van der Waals surface area contributed by atoms with E-state index in [1.54, 1.807) is 6.07 Å². The van der Waals surface area contributed by atoms with Gasteiger partial charge in [0.05, 0.1) is 11.0 Å². The molecule has 0 heterocycles. The zero-order valence-electron chi connectivity index (χ0n) is 13.9. The Labute approximate surface area is 150 Å². The van der Waals surface area contributed by atoms with Gasteiger partial charge in [-0.1, -0.05) is 29.8 Å². The van der Waals surface area contributed by atoms with Crippen molar-refractivity contribution >= 4 is 28.9 Å². The van der Waals surface area contributed by atoms with Crippen molar-refractivity contribution in [2.75, 3.05) is 26.4 Å². The van der Waals surface area contributed by atoms with Crippen LogP contribution in [0.4, 0.5) is 11.4 Å². The lowest BCUT2D eigenvalue weighted by molar-refractivity contribution is -0.383. The van der Waals surface area contributed by atoms with Crippen LogP contribution in [0.2, 0.25) is 5.02 Å². The molecule has 0 radical (unpaired) electrons. The summed E-state index contributed by atoms with van der Waals surface area (Å²) >= 11 is 6.24. The first-order chi connectivity index (χ1) is 11.8. The normalized spacial score (nSPS) is 12.0. The van der Waals surface area contributed by atoms with Crippen LogP contribution in [0.3, 0.4) is 0 Å². The van der Waals surface area contributed by atoms with E-state index in [1.165, 1.54) is 18.2 Å². The summed E-state index contributed by atoms with van der Waals surface area (Å²) < 4.78 is 0. The molecule has 0 aromatic heterocycles. The number of nitrogens with zero attached hydrogens (tertiary/aromatic N) is 2. The van der Waals surface area contributed by atoms with Gasteiger partial charge < -0.3 is 16.0 Å². The predicted octanol–water partition coefficient (Wildman–Crippen LogP) is 2.86. The van der Waals surface area contributed by atoms with Crippen LogP contribution < -0.4 is 11.1 Å². The molecule has 0 aliphatic rings. The summed E-state index contributed by atoms with van der Waals surface area (Å²) in [5, 5.41) is 14.3. The molecule has 0 saturated carbocycles. The third-order valence-corrected chi connectivity index (χ3v) is 4.18. The van der Waals surface area contributed by atoms with Crippen molar-refractivity contribution in [2.45, 2.75) is 6.04 Å². The molecule has 2 aromatic rings. The highest BCUT2D eigenvalue weighted by molar-refractivity contribution is 6.31. The SMILES string of the molecule is CN(C)C(CNC(=O)c1ccc(N)c([N+](=O)[O-])c1)c1ccccc1Cl. The Morgan fingerprint density at radius 1 is 1.32 bits per heavy atom. The molecule has 2 rings (SSSR count). The maximum Gasteiger partial charge on any atom is 0.292 e. The molecule has 8 heteroatoms. The van der Waals surface area contributed by atoms with E-state index in [4.69, 9.17) is 17.3 Å². The Kier molecular flexibility index (Phi) is 5.95. The summed E-state index contributed by atoms with van der Waals surface area (Å²) in [6.07, 6.45) is 0. The first-order valence-electron chi connectivity index (χ1n) is 7.54. The summed E-state index contributed by atoms with van der Waals surface area (Å²) in [4.78, 5) is 24.6. The molecule has 0 bridgehead atoms. The number of carbonyl (C=O) groups excluding carboxylic acids is 1. The highest BCUT2D eigenvalue weighted by Crippen LogP contribution is 2.26. The van der Waals surface area contributed by atoms with Crippen molar-refractivity contribution in [3.05, 3.63) is 68.7 Å². The van der Waals surface area contributed by atoms with E-state index in [0.29, 0.717) is 11.6 Å². The fourth-order valence-electron chi connectivity index (χ4n) is 2.45. The van der Waals surface area contributed by atoms with E-state index in [-0.39, 0.29) is 23.0 Å². The molecule has 0 fully saturated rings. The molecule has 1 atom stereocenters. The quantitative estimate of drug-likeness (QED) is 0.467. The van der Waals surface area contributed by atoms with Gasteiger partial charge in [0, 0.05) is 23.2 Å². The number of nitrogens with two attached hydrogens (primary N) is 1. The average molecular weight is 363 g/mol. The summed E-state index contributed by atoms with van der Waals surface area (Å²) in [7, 11) is 3.77. The fourth-order valence-corrected chi connectivity index (χ4v) is 2.71. The van der Waals surface area contributed by atoms with Crippen molar-refractivity contribution in [1.29, 1.82) is 0 Å². The number of likely N-dealkylation sites (N-methyl/N-ethyl adjacent to an activating group) is 1. The molecular formula is C17H19ClN4O3. The molecule has 3 N–H and O–H groups in total. The maximum absolute atomic E-state index is 12.3. The minimum absolute atomic E-state index is 0.0174. The second-order valence-electron chi connectivity index (χ2n) is 5.74. The van der Waals surface area contributed by atoms with Gasteiger partial charge in [0.15, 0.2) is 0 Å². The van der Waals surface area contributed by atoms with Crippen LogP contribution in [0.1, 0.15) is 22.0 Å². The molecular weight excluding hydrogens is 344 g/mol. The number of hydrogen-bond acceptors (Lipinski definition) is 5. The summed E-state index contributed by atoms with van der Waals surface area (Å²) in [5.74, 6) is -0.415. The smallest absolute Gasteiger partial charge is 0.292 e. The van der Waals surface area contributed by atoms with Gasteiger partial charge in [-0.2, -0.15) is 0 Å². The standard InChI is InChI=1S/C17H19ClN4O3/c1-21(2)16(12-5-3-4-6-13(12)18)10-20-17(23)11-7-8-14(19)15(9-11)22(24)25/h3-9,16H,10,19H2,1-2H3,(H,20,23). The second kappa shape index (κ2) is 7.96. The summed E-state index contributed by atoms with van der Waals surface area (Å²) in [6, 6.07) is 11.2. The van der Waals surface area contributed by atoms with E-state index < -0.39 is 10.8 Å². The van der Waals surface area contributed by atoms with Crippen LogP contribution in [0.25, 0.3) is 0 Å². The lowest BCUT2D eigenvalue weighted by atomic mass is 10.1. The average Bonchev–Trinajstić information content (AvgIpc) is 2.56. The Bertz CT molecular complexity index is 795. The van der Waals surface area contributed by atoms with Crippen molar-refractivity contribution in [3.63, 3.8) is 0 Å². The number of amides is 1. The van der Waals surface area contributed by atoms with Gasteiger partial charge in [0.2, 0.25) is 0 Å². The summed E-state index contributed by atoms with van der Waals surface area (Å²) in [5.41, 5.74) is 6.34. The monoisotopic (exact) mass is 362 g/mol. The molecule has 2 aromatic carbocycles. The molecule has 1 amide bonds. The largest absolute Gasteiger partial charge is 0.393 e. The van der Waals surface area contributed by atoms with E-state index in [2.05, 4.69) is 5.32 Å². The Balaban J connectivity index is 2.16. The molecule has 0 aliphatic heterocycles. The Hall–Kier alpha value is -2.64. The van der Waals surface area contributed by atoms with Gasteiger partial charge in [-0.3, -0.25) is 14.9 Å². The van der Waals surface area contributed by atoms with Crippen molar-refractivity contribution in [1.82, 2.24) is 10.2 Å². The lowest BCUT2D eigenvalue weighted by Gasteiger charge is -2.26. The minimum Gasteiger partial charge on any atom is -0.393 e. The fraction of sp³-hybridized carbons (Fsp3) is 0.235. The van der Waals surface area contributed by atoms with Gasteiger partial charge in [0.25, 0.3) is 11.6 Å². The number of nitrogen functional groups attached to an aromatic ring is 1. The third-order valence-electron chi connectivity index (χ3n) is 3.83. The first-order valence-corrected chi connectivity index (χ1v) is 7.92. The highest BCUT2D eigenvalue weighted by atomic mass is 35.5. The zero-order valence-corrected chi connectivity index (χ0v) is 14.7. The van der Waals surface area contributed by atoms with E-state index in [9.17, 15) is 14.9 Å². The number of halogens is 1. The molecule has 25 heavy (non-hydrogen) atoms. The maximum atomic E-state index is 12.3. The minimum atomic E-state index is -0.613. The zero-order chi connectivity index (χ0) is 18.6.